The molecule has 3 aromatic rings. The summed E-state index contributed by atoms with van der Waals surface area (Å²) in [5.74, 6) is 1.44. The van der Waals surface area contributed by atoms with E-state index in [0.29, 0.717) is 42.5 Å². The number of oxazole rings is 1. The Morgan fingerprint density at radius 3 is 2.77 bits per heavy atom. The minimum atomic E-state index is -3.74. The first-order chi connectivity index (χ1) is 14.4. The molecule has 0 saturated carbocycles. The van der Waals surface area contributed by atoms with Crippen LogP contribution in [0.5, 0.6) is 0 Å². The van der Waals surface area contributed by atoms with Gasteiger partial charge in [0, 0.05) is 32.2 Å². The molecule has 1 aromatic carbocycles. The number of H-pyrrole nitrogens is 1. The highest BCUT2D eigenvalue weighted by molar-refractivity contribution is 7.89. The van der Waals surface area contributed by atoms with Gasteiger partial charge in [-0.1, -0.05) is 0 Å². The second-order valence-electron chi connectivity index (χ2n) is 6.76. The fourth-order valence-corrected chi connectivity index (χ4v) is 4.21. The van der Waals surface area contributed by atoms with E-state index in [1.807, 2.05) is 13.0 Å². The Labute approximate surface area is 172 Å². The summed E-state index contributed by atoms with van der Waals surface area (Å²) in [6.07, 6.45) is 0. The molecule has 0 amide bonds. The zero-order chi connectivity index (χ0) is 21.1. The van der Waals surface area contributed by atoms with E-state index in [1.165, 1.54) is 18.2 Å². The topological polar surface area (TPSA) is 142 Å². The fourth-order valence-electron chi connectivity index (χ4n) is 3.15. The van der Waals surface area contributed by atoms with Crippen molar-refractivity contribution in [1.29, 1.82) is 0 Å². The van der Waals surface area contributed by atoms with Crippen LogP contribution in [0.4, 0.5) is 11.6 Å². The highest BCUT2D eigenvalue weighted by Crippen LogP contribution is 2.18. The van der Waals surface area contributed by atoms with E-state index in [4.69, 9.17) is 9.15 Å². The number of nitrogens with zero attached hydrogens (tertiary/aromatic N) is 3. The Morgan fingerprint density at radius 1 is 1.17 bits per heavy atom. The van der Waals surface area contributed by atoms with Gasteiger partial charge in [-0.15, -0.1) is 0 Å². The summed E-state index contributed by atoms with van der Waals surface area (Å²) < 4.78 is 37.8. The predicted octanol–water partition coefficient (Wildman–Crippen LogP) is 0.447. The third-order valence-corrected chi connectivity index (χ3v) is 6.04. The van der Waals surface area contributed by atoms with Gasteiger partial charge in [-0.05, 0) is 25.1 Å². The van der Waals surface area contributed by atoms with Crippen LogP contribution in [0.3, 0.4) is 0 Å². The first-order valence-corrected chi connectivity index (χ1v) is 10.9. The molecule has 0 bridgehead atoms. The summed E-state index contributed by atoms with van der Waals surface area (Å²) in [6.45, 7) is 5.15. The molecule has 4 rings (SSSR count). The quantitative estimate of drug-likeness (QED) is 0.452. The van der Waals surface area contributed by atoms with Gasteiger partial charge in [-0.25, -0.2) is 27.9 Å². The van der Waals surface area contributed by atoms with Crippen molar-refractivity contribution in [2.24, 2.45) is 0 Å². The number of aromatic nitrogens is 3. The number of morpholine rings is 1. The van der Waals surface area contributed by atoms with Gasteiger partial charge in [-0.3, -0.25) is 4.98 Å². The molecule has 30 heavy (non-hydrogen) atoms. The predicted molar refractivity (Wildman–Crippen MR) is 110 cm³/mol. The molecule has 0 atom stereocenters. The molecular weight excluding hydrogens is 412 g/mol. The number of rotatable bonds is 7. The Hall–Kier alpha value is -2.96. The molecule has 11 nitrogen and oxygen atoms in total. The smallest absolute Gasteiger partial charge is 0.408 e. The third-order valence-electron chi connectivity index (χ3n) is 4.58. The maximum Gasteiger partial charge on any atom is 0.417 e. The van der Waals surface area contributed by atoms with Crippen molar-refractivity contribution in [2.75, 3.05) is 49.6 Å². The van der Waals surface area contributed by atoms with Crippen molar-refractivity contribution < 1.29 is 17.6 Å². The van der Waals surface area contributed by atoms with E-state index in [0.717, 1.165) is 18.9 Å². The van der Waals surface area contributed by atoms with Crippen LogP contribution in [0.2, 0.25) is 0 Å². The first kappa shape index (κ1) is 20.3. The largest absolute Gasteiger partial charge is 0.417 e. The SMILES string of the molecule is Cc1nc(NCCNS(=O)(=O)c2ccc3oc(=O)[nH]c3c2)cc(N2CCOCC2)n1. The minimum absolute atomic E-state index is 0.0412. The Bertz CT molecular complexity index is 1200. The Balaban J connectivity index is 1.36. The number of hydrogen-bond acceptors (Lipinski definition) is 9. The van der Waals surface area contributed by atoms with Gasteiger partial charge in [0.1, 0.15) is 17.5 Å². The average Bonchev–Trinajstić information content (AvgIpc) is 3.11. The molecule has 1 saturated heterocycles. The van der Waals surface area contributed by atoms with E-state index in [2.05, 4.69) is 29.9 Å². The number of anilines is 2. The van der Waals surface area contributed by atoms with Gasteiger partial charge in [0.15, 0.2) is 5.58 Å². The first-order valence-electron chi connectivity index (χ1n) is 9.45. The molecule has 3 heterocycles. The molecule has 0 spiro atoms. The molecule has 1 aliphatic rings. The molecule has 12 heteroatoms. The van der Waals surface area contributed by atoms with Crippen molar-refractivity contribution in [2.45, 2.75) is 11.8 Å². The molecule has 3 N–H and O–H groups in total. The van der Waals surface area contributed by atoms with Crippen molar-refractivity contribution in [3.8, 4) is 0 Å². The average molecular weight is 434 g/mol. The summed E-state index contributed by atoms with van der Waals surface area (Å²) in [6, 6.07) is 6.03. The third kappa shape index (κ3) is 4.61. The lowest BCUT2D eigenvalue weighted by atomic mass is 10.3. The monoisotopic (exact) mass is 434 g/mol. The molecule has 0 unspecified atom stereocenters. The summed E-state index contributed by atoms with van der Waals surface area (Å²) in [4.78, 5) is 24.7. The molecular formula is C18H22N6O5S. The highest BCUT2D eigenvalue weighted by Gasteiger charge is 2.16. The summed E-state index contributed by atoms with van der Waals surface area (Å²) in [5.41, 5.74) is 0.629. The summed E-state index contributed by atoms with van der Waals surface area (Å²) in [5, 5.41) is 3.12. The molecule has 2 aromatic heterocycles. The normalized spacial score (nSPS) is 14.9. The van der Waals surface area contributed by atoms with Gasteiger partial charge >= 0.3 is 5.76 Å². The van der Waals surface area contributed by atoms with E-state index in [1.54, 1.807) is 0 Å². The molecule has 0 radical (unpaired) electrons. The second-order valence-corrected chi connectivity index (χ2v) is 8.52. The van der Waals surface area contributed by atoms with Crippen molar-refractivity contribution >= 4 is 32.8 Å². The summed E-state index contributed by atoms with van der Waals surface area (Å²) in [7, 11) is -3.74. The second kappa shape index (κ2) is 8.42. The van der Waals surface area contributed by atoms with Gasteiger partial charge in [0.25, 0.3) is 0 Å². The minimum Gasteiger partial charge on any atom is -0.408 e. The fraction of sp³-hybridized carbons (Fsp3) is 0.389. The molecule has 0 aliphatic carbocycles. The number of aryl methyl sites for hydroxylation is 1. The Morgan fingerprint density at radius 2 is 1.97 bits per heavy atom. The lowest BCUT2D eigenvalue weighted by molar-refractivity contribution is 0.122. The lowest BCUT2D eigenvalue weighted by Gasteiger charge is -2.28. The van der Waals surface area contributed by atoms with Crippen LogP contribution in [-0.4, -0.2) is 62.8 Å². The summed E-state index contributed by atoms with van der Waals surface area (Å²) >= 11 is 0. The maximum atomic E-state index is 12.5. The molecule has 160 valence electrons. The van der Waals surface area contributed by atoms with Crippen LogP contribution in [0.15, 0.2) is 38.4 Å². The van der Waals surface area contributed by atoms with Crippen LogP contribution in [0.25, 0.3) is 11.1 Å². The van der Waals surface area contributed by atoms with Crippen LogP contribution in [0, 0.1) is 6.92 Å². The van der Waals surface area contributed by atoms with Gasteiger partial charge in [0.2, 0.25) is 10.0 Å². The van der Waals surface area contributed by atoms with E-state index >= 15 is 0 Å². The number of sulfonamides is 1. The van der Waals surface area contributed by atoms with Crippen LogP contribution in [-0.2, 0) is 14.8 Å². The van der Waals surface area contributed by atoms with E-state index < -0.39 is 15.8 Å². The number of aromatic amines is 1. The lowest BCUT2D eigenvalue weighted by Crippen LogP contribution is -2.37. The number of hydrogen-bond donors (Lipinski definition) is 3. The van der Waals surface area contributed by atoms with Gasteiger partial charge in [0.05, 0.1) is 23.6 Å². The maximum absolute atomic E-state index is 12.5. The zero-order valence-corrected chi connectivity index (χ0v) is 17.2. The van der Waals surface area contributed by atoms with Gasteiger partial charge < -0.3 is 19.4 Å². The van der Waals surface area contributed by atoms with Crippen molar-refractivity contribution in [3.63, 3.8) is 0 Å². The zero-order valence-electron chi connectivity index (χ0n) is 16.3. The Kier molecular flexibility index (Phi) is 5.70. The van der Waals surface area contributed by atoms with Gasteiger partial charge in [-0.2, -0.15) is 0 Å². The van der Waals surface area contributed by atoms with E-state index in [9.17, 15) is 13.2 Å². The number of benzene rings is 1. The standard InChI is InChI=1S/C18H22N6O5S/c1-12-21-16(11-17(22-12)24-6-8-28-9-7-24)19-4-5-20-30(26,27)13-2-3-15-14(10-13)23-18(25)29-15/h2-3,10-11,20H,4-9H2,1H3,(H,23,25)(H,19,21,22). The molecule has 1 aliphatic heterocycles. The van der Waals surface area contributed by atoms with Crippen LogP contribution in [0.1, 0.15) is 5.82 Å². The highest BCUT2D eigenvalue weighted by atomic mass is 32.2. The van der Waals surface area contributed by atoms with E-state index in [-0.39, 0.29) is 11.4 Å². The van der Waals surface area contributed by atoms with Crippen LogP contribution < -0.4 is 20.7 Å². The number of nitrogens with one attached hydrogen (secondary N) is 3. The molecule has 1 fully saturated rings. The van der Waals surface area contributed by atoms with Crippen molar-refractivity contribution in [1.82, 2.24) is 19.7 Å². The number of fused-ring (bicyclic) bond motifs is 1. The number of ether oxygens (including phenoxy) is 1. The van der Waals surface area contributed by atoms with Crippen molar-refractivity contribution in [3.05, 3.63) is 40.6 Å². The van der Waals surface area contributed by atoms with Crippen LogP contribution >= 0.6 is 0 Å².